The van der Waals surface area contributed by atoms with Crippen LogP contribution in [-0.4, -0.2) is 66.2 Å². The Kier molecular flexibility index (Phi) is 7.45. The summed E-state index contributed by atoms with van der Waals surface area (Å²) in [7, 11) is 3.44. The summed E-state index contributed by atoms with van der Waals surface area (Å²) in [5.74, 6) is -0.267. The van der Waals surface area contributed by atoms with Gasteiger partial charge < -0.3 is 14.7 Å². The molecule has 2 aromatic rings. The fourth-order valence-electron chi connectivity index (χ4n) is 3.90. The molecule has 0 spiro atoms. The SMILES string of the molecule is CCN(Cc1ccc(C(=O)N(C)C)cc1)C(=O)C1CC(=O)N(CCc2ccccc2)C1. The Morgan fingerprint density at radius 2 is 1.68 bits per heavy atom. The van der Waals surface area contributed by atoms with Gasteiger partial charge in [0.2, 0.25) is 11.8 Å². The Balaban J connectivity index is 1.57. The van der Waals surface area contributed by atoms with Gasteiger partial charge in [0.05, 0.1) is 5.92 Å². The lowest BCUT2D eigenvalue weighted by Crippen LogP contribution is -2.37. The van der Waals surface area contributed by atoms with E-state index in [-0.39, 0.29) is 30.1 Å². The first-order chi connectivity index (χ1) is 14.9. The van der Waals surface area contributed by atoms with E-state index in [1.807, 2.05) is 42.2 Å². The molecule has 0 N–H and O–H groups in total. The van der Waals surface area contributed by atoms with Crippen molar-refractivity contribution >= 4 is 17.7 Å². The molecule has 1 aliphatic heterocycles. The minimum Gasteiger partial charge on any atom is -0.345 e. The molecule has 3 amide bonds. The lowest BCUT2D eigenvalue weighted by molar-refractivity contribution is -0.136. The third-order valence-corrected chi connectivity index (χ3v) is 5.75. The molecule has 1 unspecified atom stereocenters. The third-order valence-electron chi connectivity index (χ3n) is 5.75. The average Bonchev–Trinajstić information content (AvgIpc) is 3.16. The van der Waals surface area contributed by atoms with Crippen molar-refractivity contribution in [2.24, 2.45) is 5.92 Å². The highest BCUT2D eigenvalue weighted by molar-refractivity contribution is 5.94. The van der Waals surface area contributed by atoms with Crippen LogP contribution in [0.3, 0.4) is 0 Å². The number of hydrogen-bond donors (Lipinski definition) is 0. The van der Waals surface area contributed by atoms with E-state index in [2.05, 4.69) is 12.1 Å². The van der Waals surface area contributed by atoms with Gasteiger partial charge in [-0.15, -0.1) is 0 Å². The Morgan fingerprint density at radius 3 is 2.29 bits per heavy atom. The maximum absolute atomic E-state index is 13.1. The van der Waals surface area contributed by atoms with Gasteiger partial charge in [-0.25, -0.2) is 0 Å². The molecule has 0 bridgehead atoms. The topological polar surface area (TPSA) is 60.9 Å². The van der Waals surface area contributed by atoms with E-state index in [0.29, 0.717) is 31.7 Å². The van der Waals surface area contributed by atoms with E-state index in [4.69, 9.17) is 0 Å². The highest BCUT2D eigenvalue weighted by Gasteiger charge is 2.35. The lowest BCUT2D eigenvalue weighted by Gasteiger charge is -2.24. The molecule has 2 aromatic carbocycles. The first kappa shape index (κ1) is 22.5. The van der Waals surface area contributed by atoms with Gasteiger partial charge in [0, 0.05) is 52.3 Å². The second-order valence-electron chi connectivity index (χ2n) is 8.23. The molecule has 6 heteroatoms. The minimum absolute atomic E-state index is 0.0199. The Morgan fingerprint density at radius 1 is 1.00 bits per heavy atom. The molecule has 1 aliphatic rings. The van der Waals surface area contributed by atoms with Crippen molar-refractivity contribution in [1.82, 2.24) is 14.7 Å². The van der Waals surface area contributed by atoms with Crippen molar-refractivity contribution in [3.63, 3.8) is 0 Å². The third kappa shape index (κ3) is 5.72. The molecule has 1 atom stereocenters. The molecule has 164 valence electrons. The first-order valence-electron chi connectivity index (χ1n) is 10.8. The van der Waals surface area contributed by atoms with Crippen molar-refractivity contribution < 1.29 is 14.4 Å². The van der Waals surface area contributed by atoms with Crippen molar-refractivity contribution in [2.45, 2.75) is 26.3 Å². The van der Waals surface area contributed by atoms with Gasteiger partial charge in [-0.2, -0.15) is 0 Å². The van der Waals surface area contributed by atoms with E-state index in [9.17, 15) is 14.4 Å². The molecule has 3 rings (SSSR count). The van der Waals surface area contributed by atoms with Crippen LogP contribution in [0.4, 0.5) is 0 Å². The average molecular weight is 422 g/mol. The summed E-state index contributed by atoms with van der Waals surface area (Å²) in [6.07, 6.45) is 1.07. The molecular weight excluding hydrogens is 390 g/mol. The summed E-state index contributed by atoms with van der Waals surface area (Å²) < 4.78 is 0. The number of hydrogen-bond acceptors (Lipinski definition) is 3. The lowest BCUT2D eigenvalue weighted by atomic mass is 10.1. The summed E-state index contributed by atoms with van der Waals surface area (Å²) in [6.45, 7) is 4.12. The molecule has 1 fully saturated rings. The van der Waals surface area contributed by atoms with E-state index in [1.54, 1.807) is 31.1 Å². The number of nitrogens with zero attached hydrogens (tertiary/aromatic N) is 3. The van der Waals surface area contributed by atoms with Crippen LogP contribution in [-0.2, 0) is 22.6 Å². The number of benzene rings is 2. The molecule has 0 aromatic heterocycles. The Bertz CT molecular complexity index is 909. The molecule has 0 aliphatic carbocycles. The van der Waals surface area contributed by atoms with Crippen LogP contribution in [0, 0.1) is 5.92 Å². The van der Waals surface area contributed by atoms with Gasteiger partial charge in [0.15, 0.2) is 0 Å². The number of amides is 3. The maximum Gasteiger partial charge on any atom is 0.253 e. The smallest absolute Gasteiger partial charge is 0.253 e. The van der Waals surface area contributed by atoms with Gasteiger partial charge in [-0.3, -0.25) is 14.4 Å². The standard InChI is InChI=1S/C25H31N3O3/c1-4-27(17-20-10-12-21(13-11-20)24(30)26(2)3)25(31)22-16-23(29)28(18-22)15-14-19-8-6-5-7-9-19/h5-13,22H,4,14-18H2,1-3H3. The summed E-state index contributed by atoms with van der Waals surface area (Å²) in [5, 5.41) is 0. The summed E-state index contributed by atoms with van der Waals surface area (Å²) in [4.78, 5) is 42.7. The van der Waals surface area contributed by atoms with Crippen LogP contribution >= 0.6 is 0 Å². The van der Waals surface area contributed by atoms with Crippen LogP contribution in [0.2, 0.25) is 0 Å². The van der Waals surface area contributed by atoms with Crippen LogP contribution in [0.15, 0.2) is 54.6 Å². The highest BCUT2D eigenvalue weighted by Crippen LogP contribution is 2.22. The molecule has 0 radical (unpaired) electrons. The number of likely N-dealkylation sites (tertiary alicyclic amines) is 1. The van der Waals surface area contributed by atoms with E-state index in [0.717, 1.165) is 12.0 Å². The van der Waals surface area contributed by atoms with Gasteiger partial charge in [0.25, 0.3) is 5.91 Å². The molecule has 6 nitrogen and oxygen atoms in total. The normalized spacial score (nSPS) is 15.8. The zero-order chi connectivity index (χ0) is 22.4. The van der Waals surface area contributed by atoms with Crippen LogP contribution in [0.25, 0.3) is 0 Å². The van der Waals surface area contributed by atoms with Crippen molar-refractivity contribution in [3.05, 3.63) is 71.3 Å². The van der Waals surface area contributed by atoms with E-state index < -0.39 is 0 Å². The number of rotatable bonds is 8. The molecule has 1 saturated heterocycles. The van der Waals surface area contributed by atoms with Gasteiger partial charge in [-0.1, -0.05) is 42.5 Å². The van der Waals surface area contributed by atoms with Gasteiger partial charge in [0.1, 0.15) is 0 Å². The van der Waals surface area contributed by atoms with Crippen LogP contribution < -0.4 is 0 Å². The van der Waals surface area contributed by atoms with Crippen LogP contribution in [0.1, 0.15) is 34.8 Å². The largest absolute Gasteiger partial charge is 0.345 e. The monoisotopic (exact) mass is 421 g/mol. The van der Waals surface area contributed by atoms with E-state index in [1.165, 1.54) is 10.5 Å². The second kappa shape index (κ2) is 10.2. The summed E-state index contributed by atoms with van der Waals surface area (Å²) in [5.41, 5.74) is 2.78. The van der Waals surface area contributed by atoms with Crippen LogP contribution in [0.5, 0.6) is 0 Å². The minimum atomic E-state index is -0.294. The van der Waals surface area contributed by atoms with Crippen molar-refractivity contribution in [1.29, 1.82) is 0 Å². The predicted molar refractivity (Wildman–Crippen MR) is 120 cm³/mol. The summed E-state index contributed by atoms with van der Waals surface area (Å²) >= 11 is 0. The summed E-state index contributed by atoms with van der Waals surface area (Å²) in [6, 6.07) is 17.4. The second-order valence-corrected chi connectivity index (χ2v) is 8.23. The molecule has 0 saturated carbocycles. The van der Waals surface area contributed by atoms with E-state index >= 15 is 0 Å². The van der Waals surface area contributed by atoms with Crippen molar-refractivity contribution in [3.8, 4) is 0 Å². The maximum atomic E-state index is 13.1. The quantitative estimate of drug-likeness (QED) is 0.659. The fraction of sp³-hybridized carbons (Fsp3) is 0.400. The molecular formula is C25H31N3O3. The highest BCUT2D eigenvalue weighted by atomic mass is 16.2. The number of carbonyl (C=O) groups excluding carboxylic acids is 3. The Labute approximate surface area is 184 Å². The molecule has 1 heterocycles. The zero-order valence-corrected chi connectivity index (χ0v) is 18.6. The Hall–Kier alpha value is -3.15. The van der Waals surface area contributed by atoms with Gasteiger partial charge >= 0.3 is 0 Å². The fourth-order valence-corrected chi connectivity index (χ4v) is 3.90. The predicted octanol–water partition coefficient (Wildman–Crippen LogP) is 2.83. The number of carbonyl (C=O) groups is 3. The van der Waals surface area contributed by atoms with Crippen molar-refractivity contribution in [2.75, 3.05) is 33.7 Å². The zero-order valence-electron chi connectivity index (χ0n) is 18.6. The first-order valence-corrected chi connectivity index (χ1v) is 10.8. The van der Waals surface area contributed by atoms with Gasteiger partial charge in [-0.05, 0) is 36.6 Å². The molecule has 31 heavy (non-hydrogen) atoms.